The van der Waals surface area contributed by atoms with Gasteiger partial charge >= 0.3 is 6.18 Å². The molecule has 2 aromatic rings. The topological polar surface area (TPSA) is 45.2 Å². The number of hydrogen-bond acceptors (Lipinski definition) is 4. The molecule has 3 rings (SSSR count). The van der Waals surface area contributed by atoms with Crippen molar-refractivity contribution in [3.63, 3.8) is 0 Å². The number of nitrogens with one attached hydrogen (secondary N) is 1. The highest BCUT2D eigenvalue weighted by molar-refractivity contribution is 7.10. The molecule has 1 aliphatic heterocycles. The second-order valence-corrected chi connectivity index (χ2v) is 6.77. The summed E-state index contributed by atoms with van der Waals surface area (Å²) in [7, 11) is 1.73. The van der Waals surface area contributed by atoms with Gasteiger partial charge in [0.1, 0.15) is 5.00 Å². The minimum atomic E-state index is -4.40. The SMILES string of the molecule is CNc1snc(C)c1C(=O)N1CC=C(c2ccccc2C(F)(F)F)CC1. The number of amides is 1. The Bertz CT molecular complexity index is 858. The van der Waals surface area contributed by atoms with Gasteiger partial charge in [0, 0.05) is 20.1 Å². The number of anilines is 1. The second kappa shape index (κ2) is 7.11. The van der Waals surface area contributed by atoms with Crippen LogP contribution in [0.15, 0.2) is 30.3 Å². The minimum Gasteiger partial charge on any atom is -0.378 e. The molecule has 1 aromatic heterocycles. The van der Waals surface area contributed by atoms with Crippen molar-refractivity contribution in [2.45, 2.75) is 19.5 Å². The molecule has 0 aliphatic carbocycles. The molecule has 0 saturated heterocycles. The Hall–Kier alpha value is -2.35. The number of halogens is 3. The summed E-state index contributed by atoms with van der Waals surface area (Å²) in [5.74, 6) is -0.153. The van der Waals surface area contributed by atoms with E-state index in [1.807, 2.05) is 0 Å². The van der Waals surface area contributed by atoms with Crippen LogP contribution >= 0.6 is 11.5 Å². The molecule has 4 nitrogen and oxygen atoms in total. The molecule has 0 spiro atoms. The van der Waals surface area contributed by atoms with Gasteiger partial charge in [0.2, 0.25) is 0 Å². The predicted octanol–water partition coefficient (Wildman–Crippen LogP) is 4.44. The molecule has 1 amide bonds. The normalized spacial score (nSPS) is 15.0. The lowest BCUT2D eigenvalue weighted by Gasteiger charge is -2.28. The predicted molar refractivity (Wildman–Crippen MR) is 96.3 cm³/mol. The number of aromatic nitrogens is 1. The average Bonchev–Trinajstić information content (AvgIpc) is 3.01. The van der Waals surface area contributed by atoms with Crippen molar-refractivity contribution >= 4 is 28.0 Å². The molecule has 26 heavy (non-hydrogen) atoms. The first-order chi connectivity index (χ1) is 12.3. The van der Waals surface area contributed by atoms with Crippen molar-refractivity contribution in [1.29, 1.82) is 0 Å². The van der Waals surface area contributed by atoms with E-state index < -0.39 is 11.7 Å². The molecule has 2 heterocycles. The van der Waals surface area contributed by atoms with Gasteiger partial charge in [-0.15, -0.1) is 0 Å². The van der Waals surface area contributed by atoms with Crippen LogP contribution < -0.4 is 5.32 Å². The highest BCUT2D eigenvalue weighted by Gasteiger charge is 2.34. The van der Waals surface area contributed by atoms with Crippen molar-refractivity contribution in [2.24, 2.45) is 0 Å². The van der Waals surface area contributed by atoms with Crippen LogP contribution in [-0.2, 0) is 6.18 Å². The molecule has 0 fully saturated rings. The molecule has 0 atom stereocenters. The third-order valence-electron chi connectivity index (χ3n) is 4.38. The zero-order chi connectivity index (χ0) is 18.9. The highest BCUT2D eigenvalue weighted by Crippen LogP contribution is 2.37. The molecule has 0 unspecified atom stereocenters. The highest BCUT2D eigenvalue weighted by atomic mass is 32.1. The summed E-state index contributed by atoms with van der Waals surface area (Å²) >= 11 is 1.22. The van der Waals surface area contributed by atoms with Gasteiger partial charge in [0.05, 0.1) is 16.8 Å². The van der Waals surface area contributed by atoms with Crippen molar-refractivity contribution in [3.8, 4) is 0 Å². The average molecular weight is 381 g/mol. The Labute approximate surface area is 153 Å². The Balaban J connectivity index is 1.84. The Kier molecular flexibility index (Phi) is 5.04. The van der Waals surface area contributed by atoms with Crippen molar-refractivity contribution < 1.29 is 18.0 Å². The molecular formula is C18H18F3N3OS. The molecule has 1 aromatic carbocycles. The van der Waals surface area contributed by atoms with Gasteiger partial charge in [-0.3, -0.25) is 4.79 Å². The summed E-state index contributed by atoms with van der Waals surface area (Å²) in [5.41, 5.74) is 1.36. The molecule has 0 bridgehead atoms. The van der Waals surface area contributed by atoms with Crippen molar-refractivity contribution in [2.75, 3.05) is 25.5 Å². The van der Waals surface area contributed by atoms with Gasteiger partial charge in [0.15, 0.2) is 0 Å². The molecule has 0 radical (unpaired) electrons. The first kappa shape index (κ1) is 18.4. The smallest absolute Gasteiger partial charge is 0.378 e. The fourth-order valence-corrected chi connectivity index (χ4v) is 3.80. The van der Waals surface area contributed by atoms with Crippen LogP contribution in [0.3, 0.4) is 0 Å². The number of carbonyl (C=O) groups is 1. The summed E-state index contributed by atoms with van der Waals surface area (Å²) < 4.78 is 43.8. The van der Waals surface area contributed by atoms with E-state index in [1.165, 1.54) is 23.7 Å². The first-order valence-corrected chi connectivity index (χ1v) is 8.89. The number of hydrogen-bond donors (Lipinski definition) is 1. The van der Waals surface area contributed by atoms with E-state index in [2.05, 4.69) is 9.69 Å². The maximum absolute atomic E-state index is 13.2. The molecule has 1 aliphatic rings. The van der Waals surface area contributed by atoms with Crippen LogP contribution in [-0.4, -0.2) is 35.3 Å². The van der Waals surface area contributed by atoms with E-state index in [4.69, 9.17) is 0 Å². The zero-order valence-corrected chi connectivity index (χ0v) is 15.2. The zero-order valence-electron chi connectivity index (χ0n) is 14.4. The number of alkyl halides is 3. The van der Waals surface area contributed by atoms with E-state index in [0.29, 0.717) is 34.8 Å². The minimum absolute atomic E-state index is 0.153. The summed E-state index contributed by atoms with van der Waals surface area (Å²) in [6.45, 7) is 2.42. The Morgan fingerprint density at radius 1 is 1.31 bits per heavy atom. The van der Waals surface area contributed by atoms with Crippen LogP contribution in [0.1, 0.15) is 33.6 Å². The molecule has 8 heteroatoms. The largest absolute Gasteiger partial charge is 0.416 e. The Morgan fingerprint density at radius 3 is 2.65 bits per heavy atom. The van der Waals surface area contributed by atoms with Gasteiger partial charge in [-0.25, -0.2) is 0 Å². The quantitative estimate of drug-likeness (QED) is 0.855. The van der Waals surface area contributed by atoms with Gasteiger partial charge in [-0.05, 0) is 42.1 Å². The van der Waals surface area contributed by atoms with Gasteiger partial charge < -0.3 is 10.2 Å². The molecular weight excluding hydrogens is 363 g/mol. The standard InChI is InChI=1S/C18H18F3N3OS/c1-11-15(16(22-2)26-23-11)17(25)24-9-7-12(8-10-24)13-5-3-4-6-14(13)18(19,20)21/h3-7,22H,8-10H2,1-2H3. The van der Waals surface area contributed by atoms with E-state index in [9.17, 15) is 18.0 Å². The Morgan fingerprint density at radius 2 is 2.04 bits per heavy atom. The third-order valence-corrected chi connectivity index (χ3v) is 5.33. The van der Waals surface area contributed by atoms with E-state index in [0.717, 1.165) is 6.07 Å². The molecule has 0 saturated carbocycles. The number of benzene rings is 1. The maximum atomic E-state index is 13.2. The second-order valence-electron chi connectivity index (χ2n) is 6.00. The summed E-state index contributed by atoms with van der Waals surface area (Å²) in [6.07, 6.45) is -2.31. The lowest BCUT2D eigenvalue weighted by Crippen LogP contribution is -2.35. The van der Waals surface area contributed by atoms with E-state index in [-0.39, 0.29) is 18.0 Å². The number of rotatable bonds is 3. The number of aryl methyl sites for hydroxylation is 1. The van der Waals surface area contributed by atoms with Crippen LogP contribution in [0.5, 0.6) is 0 Å². The number of nitrogens with zero attached hydrogens (tertiary/aromatic N) is 2. The molecule has 1 N–H and O–H groups in total. The monoisotopic (exact) mass is 381 g/mol. The first-order valence-electron chi connectivity index (χ1n) is 8.12. The van der Waals surface area contributed by atoms with E-state index in [1.54, 1.807) is 31.0 Å². The van der Waals surface area contributed by atoms with Crippen LogP contribution in [0, 0.1) is 6.92 Å². The van der Waals surface area contributed by atoms with Crippen LogP contribution in [0.2, 0.25) is 0 Å². The fourth-order valence-electron chi connectivity index (χ4n) is 3.06. The van der Waals surface area contributed by atoms with Gasteiger partial charge in [-0.1, -0.05) is 24.3 Å². The van der Waals surface area contributed by atoms with E-state index >= 15 is 0 Å². The van der Waals surface area contributed by atoms with Crippen LogP contribution in [0.4, 0.5) is 18.2 Å². The van der Waals surface area contributed by atoms with Crippen molar-refractivity contribution in [3.05, 3.63) is 52.7 Å². The summed E-state index contributed by atoms with van der Waals surface area (Å²) in [5, 5.41) is 3.66. The molecule has 138 valence electrons. The summed E-state index contributed by atoms with van der Waals surface area (Å²) in [6, 6.07) is 5.56. The fraction of sp³-hybridized carbons (Fsp3) is 0.333. The van der Waals surface area contributed by atoms with Crippen molar-refractivity contribution in [1.82, 2.24) is 9.27 Å². The summed E-state index contributed by atoms with van der Waals surface area (Å²) in [4.78, 5) is 14.4. The van der Waals surface area contributed by atoms with Gasteiger partial charge in [-0.2, -0.15) is 17.5 Å². The van der Waals surface area contributed by atoms with Crippen LogP contribution in [0.25, 0.3) is 5.57 Å². The third kappa shape index (κ3) is 3.46. The lowest BCUT2D eigenvalue weighted by atomic mass is 9.94. The maximum Gasteiger partial charge on any atom is 0.416 e. The number of carbonyl (C=O) groups excluding carboxylic acids is 1. The van der Waals surface area contributed by atoms with Gasteiger partial charge in [0.25, 0.3) is 5.91 Å². The lowest BCUT2D eigenvalue weighted by molar-refractivity contribution is -0.137.